The van der Waals surface area contributed by atoms with Crippen molar-refractivity contribution in [2.24, 2.45) is 0 Å². The maximum Gasteiger partial charge on any atom is 0.412 e. The Hall–Kier alpha value is -5.25. The van der Waals surface area contributed by atoms with Crippen LogP contribution in [0.25, 0.3) is 34.0 Å². The van der Waals surface area contributed by atoms with Crippen molar-refractivity contribution in [1.29, 1.82) is 0 Å². The highest BCUT2D eigenvalue weighted by Gasteiger charge is 2.19. The number of aromatic amines is 1. The fraction of sp³-hybridized carbons (Fsp3) is 0.133. The van der Waals surface area contributed by atoms with E-state index in [2.05, 4.69) is 25.8 Å². The third-order valence-corrected chi connectivity index (χ3v) is 5.70. The van der Waals surface area contributed by atoms with Crippen molar-refractivity contribution in [3.05, 3.63) is 96.4 Å². The van der Waals surface area contributed by atoms with Crippen molar-refractivity contribution in [1.82, 2.24) is 15.2 Å². The Morgan fingerprint density at radius 3 is 2.35 bits per heavy atom. The Kier molecular flexibility index (Phi) is 7.15. The molecule has 0 saturated carbocycles. The fourth-order valence-electron chi connectivity index (χ4n) is 3.89. The predicted molar refractivity (Wildman–Crippen MR) is 149 cm³/mol. The van der Waals surface area contributed by atoms with E-state index in [1.54, 1.807) is 75.4 Å². The van der Waals surface area contributed by atoms with Gasteiger partial charge in [0.1, 0.15) is 11.4 Å². The van der Waals surface area contributed by atoms with Crippen molar-refractivity contribution in [3.8, 4) is 34.0 Å². The molecular weight excluding hydrogens is 513 g/mol. The maximum atomic E-state index is 13.3. The lowest BCUT2D eigenvalue weighted by Gasteiger charge is -2.19. The molecule has 2 amide bonds. The second-order valence-corrected chi connectivity index (χ2v) is 9.91. The van der Waals surface area contributed by atoms with E-state index in [9.17, 15) is 14.0 Å². The molecule has 0 fully saturated rings. The van der Waals surface area contributed by atoms with Crippen LogP contribution in [-0.4, -0.2) is 32.8 Å². The van der Waals surface area contributed by atoms with Gasteiger partial charge in [-0.2, -0.15) is 5.10 Å². The summed E-state index contributed by atoms with van der Waals surface area (Å²) >= 11 is 0. The molecule has 0 aliphatic heterocycles. The first-order valence-electron chi connectivity index (χ1n) is 12.4. The van der Waals surface area contributed by atoms with Gasteiger partial charge in [0.25, 0.3) is 5.91 Å². The van der Waals surface area contributed by atoms with Crippen LogP contribution in [0.5, 0.6) is 0 Å². The molecule has 0 aliphatic carbocycles. The highest BCUT2D eigenvalue weighted by molar-refractivity contribution is 6.08. The molecule has 5 rings (SSSR count). The molecule has 0 saturated heterocycles. The zero-order valence-electron chi connectivity index (χ0n) is 22.0. The number of anilines is 2. The van der Waals surface area contributed by atoms with Crippen LogP contribution in [0.2, 0.25) is 0 Å². The van der Waals surface area contributed by atoms with Crippen molar-refractivity contribution in [2.75, 3.05) is 10.6 Å². The average molecular weight is 540 g/mol. The molecule has 0 spiro atoms. The lowest BCUT2D eigenvalue weighted by molar-refractivity contribution is 0.0635. The maximum absolute atomic E-state index is 13.3. The standard InChI is InChI=1S/C30H26FN5O4/c1-30(2,3)40-29(38)33-21-14-10-18(11-15-21)24-16-26(36-35-24)34-27(37)22-6-4-5-7-23(22)28-32-17-25(39-28)19-8-12-20(31)13-9-19/h4-17H,1-3H3,(H,33,38)(H2,34,35,36,37). The summed E-state index contributed by atoms with van der Waals surface area (Å²) in [6.45, 7) is 5.38. The summed E-state index contributed by atoms with van der Waals surface area (Å²) in [5, 5.41) is 12.6. The van der Waals surface area contributed by atoms with E-state index < -0.39 is 17.6 Å². The third-order valence-electron chi connectivity index (χ3n) is 5.70. The lowest BCUT2D eigenvalue weighted by Crippen LogP contribution is -2.27. The first-order valence-corrected chi connectivity index (χ1v) is 12.4. The Balaban J connectivity index is 1.28. The number of H-pyrrole nitrogens is 1. The van der Waals surface area contributed by atoms with E-state index >= 15 is 0 Å². The van der Waals surface area contributed by atoms with E-state index in [0.29, 0.717) is 39.6 Å². The van der Waals surface area contributed by atoms with Gasteiger partial charge in [0.2, 0.25) is 5.89 Å². The molecule has 40 heavy (non-hydrogen) atoms. The topological polar surface area (TPSA) is 122 Å². The van der Waals surface area contributed by atoms with E-state index in [1.165, 1.54) is 18.3 Å². The van der Waals surface area contributed by atoms with Crippen molar-refractivity contribution in [2.45, 2.75) is 26.4 Å². The Bertz CT molecular complexity index is 1650. The van der Waals surface area contributed by atoms with Crippen LogP contribution in [-0.2, 0) is 4.74 Å². The highest BCUT2D eigenvalue weighted by atomic mass is 19.1. The van der Waals surface area contributed by atoms with Crippen molar-refractivity contribution < 1.29 is 23.1 Å². The Morgan fingerprint density at radius 2 is 1.62 bits per heavy atom. The summed E-state index contributed by atoms with van der Waals surface area (Å²) in [7, 11) is 0. The molecule has 2 aromatic heterocycles. The van der Waals surface area contributed by atoms with Crippen LogP contribution < -0.4 is 10.6 Å². The minimum absolute atomic E-state index is 0.257. The van der Waals surface area contributed by atoms with Gasteiger partial charge < -0.3 is 14.5 Å². The van der Waals surface area contributed by atoms with E-state index in [1.807, 2.05) is 12.1 Å². The molecule has 10 heteroatoms. The van der Waals surface area contributed by atoms with Gasteiger partial charge in [0, 0.05) is 22.9 Å². The number of amides is 2. The summed E-state index contributed by atoms with van der Waals surface area (Å²) in [5.74, 6) is 0.291. The number of nitrogens with one attached hydrogen (secondary N) is 3. The Labute approximate surface area is 229 Å². The number of rotatable bonds is 6. The molecule has 5 aromatic rings. The predicted octanol–water partition coefficient (Wildman–Crippen LogP) is 7.14. The van der Waals surface area contributed by atoms with Crippen LogP contribution in [0.1, 0.15) is 31.1 Å². The number of ether oxygens (including phenoxy) is 1. The lowest BCUT2D eigenvalue weighted by atomic mass is 10.1. The summed E-state index contributed by atoms with van der Waals surface area (Å²) in [4.78, 5) is 29.5. The normalized spacial score (nSPS) is 11.2. The molecular formula is C30H26FN5O4. The van der Waals surface area contributed by atoms with Gasteiger partial charge in [-0.25, -0.2) is 14.2 Å². The fourth-order valence-corrected chi connectivity index (χ4v) is 3.89. The molecule has 0 aliphatic rings. The summed E-state index contributed by atoms with van der Waals surface area (Å²) < 4.78 is 24.4. The van der Waals surface area contributed by atoms with E-state index in [-0.39, 0.29) is 11.7 Å². The van der Waals surface area contributed by atoms with Gasteiger partial charge in [0.15, 0.2) is 11.6 Å². The molecule has 3 aromatic carbocycles. The summed E-state index contributed by atoms with van der Waals surface area (Å²) in [6, 6.07) is 21.6. The van der Waals surface area contributed by atoms with Crippen LogP contribution in [0.15, 0.2) is 89.5 Å². The number of carbonyl (C=O) groups is 2. The molecule has 0 unspecified atom stereocenters. The SMILES string of the molecule is CC(C)(C)OC(=O)Nc1ccc(-c2cc(NC(=O)c3ccccc3-c3ncc(-c4ccc(F)cc4)o3)n[nH]2)cc1. The quantitative estimate of drug-likeness (QED) is 0.211. The number of oxazole rings is 1. The summed E-state index contributed by atoms with van der Waals surface area (Å²) in [6.07, 6.45) is 0.995. The average Bonchev–Trinajstić information content (AvgIpc) is 3.59. The van der Waals surface area contributed by atoms with Gasteiger partial charge in [-0.05, 0) is 74.9 Å². The second kappa shape index (κ2) is 10.9. The van der Waals surface area contributed by atoms with Gasteiger partial charge in [0.05, 0.1) is 17.5 Å². The number of nitrogens with zero attached hydrogens (tertiary/aromatic N) is 2. The molecule has 202 valence electrons. The van der Waals surface area contributed by atoms with Crippen molar-refractivity contribution in [3.63, 3.8) is 0 Å². The highest BCUT2D eigenvalue weighted by Crippen LogP contribution is 2.29. The van der Waals surface area contributed by atoms with E-state index in [4.69, 9.17) is 9.15 Å². The molecule has 0 bridgehead atoms. The smallest absolute Gasteiger partial charge is 0.412 e. The van der Waals surface area contributed by atoms with Crippen LogP contribution in [0, 0.1) is 5.82 Å². The molecule has 9 nitrogen and oxygen atoms in total. The Morgan fingerprint density at radius 1 is 0.925 bits per heavy atom. The minimum Gasteiger partial charge on any atom is -0.444 e. The number of halogens is 1. The van der Waals surface area contributed by atoms with Gasteiger partial charge in [-0.3, -0.25) is 15.2 Å². The van der Waals surface area contributed by atoms with Crippen molar-refractivity contribution >= 4 is 23.5 Å². The van der Waals surface area contributed by atoms with Gasteiger partial charge in [-0.15, -0.1) is 0 Å². The molecule has 3 N–H and O–H groups in total. The largest absolute Gasteiger partial charge is 0.444 e. The number of benzene rings is 3. The first kappa shape index (κ1) is 26.4. The van der Waals surface area contributed by atoms with Crippen LogP contribution in [0.4, 0.5) is 20.7 Å². The number of aromatic nitrogens is 3. The van der Waals surface area contributed by atoms with Crippen LogP contribution >= 0.6 is 0 Å². The van der Waals surface area contributed by atoms with Gasteiger partial charge in [-0.1, -0.05) is 24.3 Å². The number of carbonyl (C=O) groups excluding carboxylic acids is 2. The minimum atomic E-state index is -0.595. The molecule has 0 atom stereocenters. The number of hydrogen-bond acceptors (Lipinski definition) is 6. The monoisotopic (exact) mass is 539 g/mol. The zero-order valence-corrected chi connectivity index (χ0v) is 22.0. The third kappa shape index (κ3) is 6.24. The zero-order chi connectivity index (χ0) is 28.3. The van der Waals surface area contributed by atoms with Crippen LogP contribution in [0.3, 0.4) is 0 Å². The summed E-state index contributed by atoms with van der Waals surface area (Å²) in [5.41, 5.74) is 2.97. The molecule has 0 radical (unpaired) electrons. The molecule has 2 heterocycles. The van der Waals surface area contributed by atoms with E-state index in [0.717, 1.165) is 5.56 Å². The van der Waals surface area contributed by atoms with Gasteiger partial charge >= 0.3 is 6.09 Å². The second-order valence-electron chi connectivity index (χ2n) is 9.91. The first-order chi connectivity index (χ1) is 19.1. The number of hydrogen-bond donors (Lipinski definition) is 3.